The smallest absolute Gasteiger partial charge is 0.416 e. The fourth-order valence-electron chi connectivity index (χ4n) is 1.79. The predicted octanol–water partition coefficient (Wildman–Crippen LogP) is 2.31. The first-order valence-electron chi connectivity index (χ1n) is 6.78. The van der Waals surface area contributed by atoms with Gasteiger partial charge in [0.2, 0.25) is 0 Å². The number of rotatable bonds is 2. The number of carbonyl (C=O) groups excluding carboxylic acids is 2. The summed E-state index contributed by atoms with van der Waals surface area (Å²) in [4.78, 5) is 28.9. The van der Waals surface area contributed by atoms with Crippen LogP contribution in [0.1, 0.15) is 20.8 Å². The van der Waals surface area contributed by atoms with Crippen LogP contribution in [0, 0.1) is 0 Å². The maximum atomic E-state index is 12.2. The highest BCUT2D eigenvalue weighted by atomic mass is 16.6. The Morgan fingerprint density at radius 3 is 2.82 bits per heavy atom. The van der Waals surface area contributed by atoms with E-state index in [1.807, 2.05) is 0 Å². The van der Waals surface area contributed by atoms with E-state index in [0.717, 1.165) is 6.08 Å². The molecule has 7 nitrogen and oxygen atoms in total. The Hall–Kier alpha value is -2.57. The van der Waals surface area contributed by atoms with E-state index in [1.54, 1.807) is 20.8 Å². The summed E-state index contributed by atoms with van der Waals surface area (Å²) in [5, 5.41) is 0. The van der Waals surface area contributed by atoms with Crippen molar-refractivity contribution in [3.63, 3.8) is 0 Å². The van der Waals surface area contributed by atoms with Gasteiger partial charge in [0, 0.05) is 12.1 Å². The second-order valence-corrected chi connectivity index (χ2v) is 5.60. The third-order valence-corrected chi connectivity index (χ3v) is 2.63. The molecule has 0 atom stereocenters. The van der Waals surface area contributed by atoms with Gasteiger partial charge >= 0.3 is 12.1 Å². The van der Waals surface area contributed by atoms with Crippen molar-refractivity contribution in [2.45, 2.75) is 26.4 Å². The van der Waals surface area contributed by atoms with Crippen molar-refractivity contribution in [2.24, 2.45) is 0 Å². The molecule has 0 aliphatic carbocycles. The van der Waals surface area contributed by atoms with Gasteiger partial charge in [-0.2, -0.15) is 0 Å². The average molecular weight is 306 g/mol. The van der Waals surface area contributed by atoms with Crippen LogP contribution in [0.5, 0.6) is 11.5 Å². The number of carbonyl (C=O) groups is 2. The van der Waals surface area contributed by atoms with Gasteiger partial charge in [0.25, 0.3) is 0 Å². The first kappa shape index (κ1) is 15.8. The van der Waals surface area contributed by atoms with Crippen molar-refractivity contribution < 1.29 is 23.8 Å². The summed E-state index contributed by atoms with van der Waals surface area (Å²) in [6, 6.07) is 1.50. The Bertz CT molecular complexity index is 606. The van der Waals surface area contributed by atoms with Gasteiger partial charge in [-0.25, -0.2) is 14.6 Å². The minimum Gasteiger partial charge on any atom is -0.488 e. The van der Waals surface area contributed by atoms with Crippen molar-refractivity contribution in [3.8, 4) is 11.5 Å². The highest BCUT2D eigenvalue weighted by Gasteiger charge is 2.29. The molecule has 1 aliphatic heterocycles. The number of anilines is 1. The number of aromatic nitrogens is 1. The van der Waals surface area contributed by atoms with Gasteiger partial charge in [0.05, 0.1) is 12.7 Å². The third-order valence-electron chi connectivity index (χ3n) is 2.63. The van der Waals surface area contributed by atoms with E-state index in [0.29, 0.717) is 24.7 Å². The second-order valence-electron chi connectivity index (χ2n) is 5.60. The monoisotopic (exact) mass is 306 g/mol. The highest BCUT2D eigenvalue weighted by molar-refractivity contribution is 5.89. The second kappa shape index (κ2) is 6.05. The molecule has 0 saturated heterocycles. The van der Waals surface area contributed by atoms with E-state index in [2.05, 4.69) is 11.6 Å². The SMILES string of the molecule is C=CC(=O)Oc1cnc2c(c1)OCCN2C(=O)OC(C)(C)C. The predicted molar refractivity (Wildman–Crippen MR) is 79.1 cm³/mol. The quantitative estimate of drug-likeness (QED) is 0.616. The molecule has 1 amide bonds. The van der Waals surface area contributed by atoms with Gasteiger partial charge < -0.3 is 14.2 Å². The van der Waals surface area contributed by atoms with E-state index in [4.69, 9.17) is 14.2 Å². The molecule has 118 valence electrons. The lowest BCUT2D eigenvalue weighted by Gasteiger charge is -2.30. The number of esters is 1. The molecule has 1 aliphatic rings. The molecule has 0 spiro atoms. The topological polar surface area (TPSA) is 78.0 Å². The summed E-state index contributed by atoms with van der Waals surface area (Å²) >= 11 is 0. The van der Waals surface area contributed by atoms with Gasteiger partial charge in [-0.15, -0.1) is 0 Å². The third kappa shape index (κ3) is 3.75. The number of nitrogens with zero attached hydrogens (tertiary/aromatic N) is 2. The number of hydrogen-bond acceptors (Lipinski definition) is 6. The molecule has 2 heterocycles. The van der Waals surface area contributed by atoms with Crippen LogP contribution in [0.25, 0.3) is 0 Å². The Labute approximate surface area is 128 Å². The van der Waals surface area contributed by atoms with E-state index < -0.39 is 17.7 Å². The summed E-state index contributed by atoms with van der Waals surface area (Å²) in [6.45, 7) is 9.32. The van der Waals surface area contributed by atoms with E-state index >= 15 is 0 Å². The molecule has 0 bridgehead atoms. The van der Waals surface area contributed by atoms with Crippen LogP contribution < -0.4 is 14.4 Å². The zero-order valence-corrected chi connectivity index (χ0v) is 12.8. The lowest BCUT2D eigenvalue weighted by Crippen LogP contribution is -2.42. The first-order chi connectivity index (χ1) is 10.3. The molecule has 1 aromatic heterocycles. The van der Waals surface area contributed by atoms with Crippen molar-refractivity contribution in [3.05, 3.63) is 24.9 Å². The molecule has 0 unspecified atom stereocenters. The molecule has 1 aromatic rings. The highest BCUT2D eigenvalue weighted by Crippen LogP contribution is 2.33. The Balaban J connectivity index is 2.22. The van der Waals surface area contributed by atoms with Crippen LogP contribution in [-0.2, 0) is 9.53 Å². The van der Waals surface area contributed by atoms with Crippen LogP contribution in [0.15, 0.2) is 24.9 Å². The van der Waals surface area contributed by atoms with Gasteiger partial charge in [0.15, 0.2) is 17.3 Å². The summed E-state index contributed by atoms with van der Waals surface area (Å²) in [5.41, 5.74) is -0.602. The van der Waals surface area contributed by atoms with Crippen molar-refractivity contribution >= 4 is 17.9 Å². The van der Waals surface area contributed by atoms with Gasteiger partial charge in [-0.3, -0.25) is 4.90 Å². The number of pyridine rings is 1. The summed E-state index contributed by atoms with van der Waals surface area (Å²) in [7, 11) is 0. The molecule has 7 heteroatoms. The van der Waals surface area contributed by atoms with Crippen LogP contribution in [0.3, 0.4) is 0 Å². The van der Waals surface area contributed by atoms with Crippen LogP contribution >= 0.6 is 0 Å². The molecule has 0 N–H and O–H groups in total. The minimum absolute atomic E-state index is 0.217. The Morgan fingerprint density at radius 2 is 2.18 bits per heavy atom. The largest absolute Gasteiger partial charge is 0.488 e. The normalized spacial score (nSPS) is 13.7. The van der Waals surface area contributed by atoms with Crippen molar-refractivity contribution in [1.29, 1.82) is 0 Å². The molecule has 0 radical (unpaired) electrons. The molecule has 0 saturated carbocycles. The van der Waals surface area contributed by atoms with E-state index in [1.165, 1.54) is 17.2 Å². The van der Waals surface area contributed by atoms with E-state index in [9.17, 15) is 9.59 Å². The average Bonchev–Trinajstić information content (AvgIpc) is 2.44. The number of hydrogen-bond donors (Lipinski definition) is 0. The van der Waals surface area contributed by atoms with E-state index in [-0.39, 0.29) is 5.75 Å². The summed E-state index contributed by atoms with van der Waals surface area (Å²) < 4.78 is 15.8. The lowest BCUT2D eigenvalue weighted by atomic mass is 10.2. The van der Waals surface area contributed by atoms with Crippen LogP contribution in [0.2, 0.25) is 0 Å². The van der Waals surface area contributed by atoms with Gasteiger partial charge in [0.1, 0.15) is 12.2 Å². The Kier molecular flexibility index (Phi) is 4.35. The summed E-state index contributed by atoms with van der Waals surface area (Å²) in [6.07, 6.45) is 1.89. The maximum Gasteiger partial charge on any atom is 0.416 e. The van der Waals surface area contributed by atoms with Crippen molar-refractivity contribution in [1.82, 2.24) is 4.98 Å². The standard InChI is InChI=1S/C15H18N2O5/c1-5-12(18)21-10-8-11-13(16-9-10)17(6-7-20-11)14(19)22-15(2,3)4/h5,8-9H,1,6-7H2,2-4H3. The fraction of sp³-hybridized carbons (Fsp3) is 0.400. The lowest BCUT2D eigenvalue weighted by molar-refractivity contribution is -0.128. The number of ether oxygens (including phenoxy) is 3. The molecule has 0 fully saturated rings. The zero-order chi connectivity index (χ0) is 16.3. The molecule has 0 aromatic carbocycles. The molecular formula is C15H18N2O5. The molecule has 22 heavy (non-hydrogen) atoms. The maximum absolute atomic E-state index is 12.2. The molecular weight excluding hydrogens is 288 g/mol. The van der Waals surface area contributed by atoms with Crippen LogP contribution in [0.4, 0.5) is 10.6 Å². The Morgan fingerprint density at radius 1 is 1.45 bits per heavy atom. The van der Waals surface area contributed by atoms with Crippen molar-refractivity contribution in [2.75, 3.05) is 18.1 Å². The zero-order valence-electron chi connectivity index (χ0n) is 12.8. The fourth-order valence-corrected chi connectivity index (χ4v) is 1.79. The van der Waals surface area contributed by atoms with Crippen LogP contribution in [-0.4, -0.2) is 35.8 Å². The summed E-state index contributed by atoms with van der Waals surface area (Å²) in [5.74, 6) is 0.307. The van der Waals surface area contributed by atoms with Gasteiger partial charge in [-0.1, -0.05) is 6.58 Å². The van der Waals surface area contributed by atoms with Gasteiger partial charge in [-0.05, 0) is 20.8 Å². The first-order valence-corrected chi connectivity index (χ1v) is 6.78. The number of fused-ring (bicyclic) bond motifs is 1. The number of amides is 1. The minimum atomic E-state index is -0.602. The molecule has 2 rings (SSSR count).